The van der Waals surface area contributed by atoms with Crippen molar-refractivity contribution in [3.8, 4) is 0 Å². The molecular weight excluding hydrogens is 184 g/mol. The number of rotatable bonds is 4. The minimum Gasteiger partial charge on any atom is -0.395 e. The largest absolute Gasteiger partial charge is 0.395 e. The molecule has 0 bridgehead atoms. The average Bonchev–Trinajstić information content (AvgIpc) is 2.19. The van der Waals surface area contributed by atoms with E-state index >= 15 is 0 Å². The Balaban J connectivity index is 2.94. The van der Waals surface area contributed by atoms with Gasteiger partial charge in [0.05, 0.1) is 0 Å². The highest BCUT2D eigenvalue weighted by Crippen LogP contribution is 1.97. The number of aromatic nitrogens is 2. The maximum atomic E-state index is 10.6. The van der Waals surface area contributed by atoms with Crippen LogP contribution < -0.4 is 5.73 Å². The van der Waals surface area contributed by atoms with Gasteiger partial charge in [0.25, 0.3) is 0 Å². The maximum Gasteiger partial charge on any atom is 0.187 e. The molecule has 1 aromatic heterocycles. The van der Waals surface area contributed by atoms with Crippen LogP contribution >= 0.6 is 0 Å². The lowest BCUT2D eigenvalue weighted by Crippen LogP contribution is -2.10. The zero-order valence-corrected chi connectivity index (χ0v) is 7.67. The van der Waals surface area contributed by atoms with Gasteiger partial charge in [0.2, 0.25) is 0 Å². The van der Waals surface area contributed by atoms with Gasteiger partial charge in [-0.05, 0) is 13.0 Å². The lowest BCUT2D eigenvalue weighted by molar-refractivity contribution is -0.102. The number of nitrogens with two attached hydrogens (primary N) is 1. The molecule has 1 heterocycles. The van der Waals surface area contributed by atoms with Crippen LogP contribution in [0.5, 0.6) is 0 Å². The molecule has 0 saturated heterocycles. The molecule has 0 aliphatic rings. The summed E-state index contributed by atoms with van der Waals surface area (Å²) in [6.07, 6.45) is 1.97. The minimum absolute atomic E-state index is 0.0270. The summed E-state index contributed by atoms with van der Waals surface area (Å²) in [7, 11) is 0. The Labute approximate surface area is 80.8 Å². The molecule has 0 spiro atoms. The van der Waals surface area contributed by atoms with Crippen LogP contribution in [-0.4, -0.2) is 28.6 Å². The second-order valence-electron chi connectivity index (χ2n) is 2.32. The molecule has 6 heteroatoms. The van der Waals surface area contributed by atoms with E-state index in [-0.39, 0.29) is 17.4 Å². The lowest BCUT2D eigenvalue weighted by Gasteiger charge is -1.98. The Morgan fingerprint density at radius 3 is 3.14 bits per heavy atom. The number of anilines is 1. The van der Waals surface area contributed by atoms with E-state index in [1.54, 1.807) is 6.92 Å². The Morgan fingerprint density at radius 2 is 2.57 bits per heavy atom. The molecular formula is C8H10N4O2. The first kappa shape index (κ1) is 10.1. The van der Waals surface area contributed by atoms with Gasteiger partial charge >= 0.3 is 0 Å². The number of aldehydes is 1. The van der Waals surface area contributed by atoms with Crippen molar-refractivity contribution < 1.29 is 9.63 Å². The molecule has 0 amide bonds. The molecule has 74 valence electrons. The van der Waals surface area contributed by atoms with Crippen molar-refractivity contribution in [2.75, 3.05) is 12.3 Å². The SMILES string of the molecule is CCO/N=C(\C=O)c1nccc(N)n1. The molecule has 0 fully saturated rings. The highest BCUT2D eigenvalue weighted by atomic mass is 16.6. The topological polar surface area (TPSA) is 90.5 Å². The maximum absolute atomic E-state index is 10.6. The average molecular weight is 194 g/mol. The lowest BCUT2D eigenvalue weighted by atomic mass is 10.4. The van der Waals surface area contributed by atoms with Crippen molar-refractivity contribution in [3.05, 3.63) is 18.1 Å². The van der Waals surface area contributed by atoms with E-state index in [1.807, 2.05) is 0 Å². The summed E-state index contributed by atoms with van der Waals surface area (Å²) in [6, 6.07) is 1.52. The van der Waals surface area contributed by atoms with Gasteiger partial charge in [-0.15, -0.1) is 0 Å². The summed E-state index contributed by atoms with van der Waals surface area (Å²) in [5.74, 6) is 0.439. The number of hydrogen-bond acceptors (Lipinski definition) is 6. The van der Waals surface area contributed by atoms with Gasteiger partial charge in [-0.25, -0.2) is 9.97 Å². The van der Waals surface area contributed by atoms with Gasteiger partial charge in [-0.3, -0.25) is 4.79 Å². The Morgan fingerprint density at radius 1 is 1.79 bits per heavy atom. The summed E-state index contributed by atoms with van der Waals surface area (Å²) in [4.78, 5) is 23.0. The van der Waals surface area contributed by atoms with Crippen molar-refractivity contribution in [2.24, 2.45) is 5.16 Å². The van der Waals surface area contributed by atoms with Crippen LogP contribution in [0.2, 0.25) is 0 Å². The molecule has 0 aliphatic carbocycles. The van der Waals surface area contributed by atoms with E-state index in [1.165, 1.54) is 12.3 Å². The number of oxime groups is 1. The Hall–Kier alpha value is -1.98. The second-order valence-corrected chi connectivity index (χ2v) is 2.32. The first-order valence-electron chi connectivity index (χ1n) is 4.02. The summed E-state index contributed by atoms with van der Waals surface area (Å²) < 4.78 is 0. The van der Waals surface area contributed by atoms with Crippen LogP contribution in [-0.2, 0) is 9.63 Å². The zero-order valence-electron chi connectivity index (χ0n) is 7.67. The molecule has 0 saturated carbocycles. The number of nitrogens with zero attached hydrogens (tertiary/aromatic N) is 3. The fourth-order valence-electron chi connectivity index (χ4n) is 0.745. The molecule has 14 heavy (non-hydrogen) atoms. The third kappa shape index (κ3) is 2.51. The zero-order chi connectivity index (χ0) is 10.4. The predicted molar refractivity (Wildman–Crippen MR) is 50.7 cm³/mol. The van der Waals surface area contributed by atoms with E-state index in [2.05, 4.69) is 15.1 Å². The van der Waals surface area contributed by atoms with Crippen molar-refractivity contribution >= 4 is 17.8 Å². The van der Waals surface area contributed by atoms with E-state index < -0.39 is 0 Å². The van der Waals surface area contributed by atoms with Crippen LogP contribution in [0.1, 0.15) is 12.7 Å². The molecule has 0 aromatic carbocycles. The third-order valence-electron chi connectivity index (χ3n) is 1.31. The van der Waals surface area contributed by atoms with Gasteiger partial charge in [0, 0.05) is 6.20 Å². The number of carbonyl (C=O) groups is 1. The van der Waals surface area contributed by atoms with Crippen molar-refractivity contribution in [2.45, 2.75) is 6.92 Å². The van der Waals surface area contributed by atoms with Gasteiger partial charge < -0.3 is 10.6 Å². The standard InChI is InChI=1S/C8H10N4O2/c1-2-14-12-6(5-13)8-10-4-3-7(9)11-8/h3-5H,2H2,1H3,(H2,9,10,11)/b12-6+. The number of nitrogen functional groups attached to an aromatic ring is 1. The van der Waals surface area contributed by atoms with Gasteiger partial charge in [0.1, 0.15) is 12.4 Å². The van der Waals surface area contributed by atoms with Crippen LogP contribution in [0, 0.1) is 0 Å². The van der Waals surface area contributed by atoms with Crippen molar-refractivity contribution in [3.63, 3.8) is 0 Å². The van der Waals surface area contributed by atoms with Crippen LogP contribution in [0.15, 0.2) is 17.4 Å². The molecule has 1 rings (SSSR count). The summed E-state index contributed by atoms with van der Waals surface area (Å²) in [6.45, 7) is 2.13. The van der Waals surface area contributed by atoms with Gasteiger partial charge in [-0.1, -0.05) is 5.16 Å². The van der Waals surface area contributed by atoms with E-state index in [0.29, 0.717) is 12.9 Å². The molecule has 6 nitrogen and oxygen atoms in total. The normalized spacial score (nSPS) is 11.1. The molecule has 0 unspecified atom stereocenters. The molecule has 1 aromatic rings. The first-order valence-corrected chi connectivity index (χ1v) is 4.02. The first-order chi connectivity index (χ1) is 6.77. The summed E-state index contributed by atoms with van der Waals surface area (Å²) >= 11 is 0. The second kappa shape index (κ2) is 4.90. The smallest absolute Gasteiger partial charge is 0.187 e. The quantitative estimate of drug-likeness (QED) is 0.414. The van der Waals surface area contributed by atoms with Crippen LogP contribution in [0.25, 0.3) is 0 Å². The summed E-state index contributed by atoms with van der Waals surface area (Å²) in [5, 5.41) is 3.54. The number of carbonyl (C=O) groups excluding carboxylic acids is 1. The van der Waals surface area contributed by atoms with Gasteiger partial charge in [0.15, 0.2) is 17.8 Å². The van der Waals surface area contributed by atoms with Crippen LogP contribution in [0.3, 0.4) is 0 Å². The highest BCUT2D eigenvalue weighted by molar-refractivity contribution is 6.34. The monoisotopic (exact) mass is 194 g/mol. The summed E-state index contributed by atoms with van der Waals surface area (Å²) in [5.41, 5.74) is 5.44. The molecule has 0 radical (unpaired) electrons. The van der Waals surface area contributed by atoms with Crippen molar-refractivity contribution in [1.82, 2.24) is 9.97 Å². The van der Waals surface area contributed by atoms with Crippen molar-refractivity contribution in [1.29, 1.82) is 0 Å². The van der Waals surface area contributed by atoms with Crippen LogP contribution in [0.4, 0.5) is 5.82 Å². The number of hydrogen-bond donors (Lipinski definition) is 1. The Bertz CT molecular complexity index is 351. The fraction of sp³-hybridized carbons (Fsp3) is 0.250. The molecule has 0 aliphatic heterocycles. The minimum atomic E-state index is 0.0270. The highest BCUT2D eigenvalue weighted by Gasteiger charge is 2.06. The fourth-order valence-corrected chi connectivity index (χ4v) is 0.745. The Kier molecular flexibility index (Phi) is 3.54. The predicted octanol–water partition coefficient (Wildman–Crippen LogP) is -0.00170. The molecule has 2 N–H and O–H groups in total. The van der Waals surface area contributed by atoms with Gasteiger partial charge in [-0.2, -0.15) is 0 Å². The van der Waals surface area contributed by atoms with E-state index in [9.17, 15) is 4.79 Å². The van der Waals surface area contributed by atoms with E-state index in [0.717, 1.165) is 0 Å². The van der Waals surface area contributed by atoms with E-state index in [4.69, 9.17) is 10.6 Å². The third-order valence-corrected chi connectivity index (χ3v) is 1.31. The molecule has 0 atom stereocenters.